The summed E-state index contributed by atoms with van der Waals surface area (Å²) in [6.45, 7) is 1.73. The summed E-state index contributed by atoms with van der Waals surface area (Å²) >= 11 is 5.86. The Bertz CT molecular complexity index is 524. The quantitative estimate of drug-likeness (QED) is 0.682. The number of sulfonamides is 1. The topological polar surface area (TPSA) is 46.6 Å². The van der Waals surface area contributed by atoms with Crippen LogP contribution >= 0.6 is 24.4 Å². The summed E-state index contributed by atoms with van der Waals surface area (Å²) in [4.78, 5) is 1.96. The molecule has 4 nitrogen and oxygen atoms in total. The highest BCUT2D eigenvalue weighted by molar-refractivity contribution is 7.99. The van der Waals surface area contributed by atoms with E-state index in [-0.39, 0.29) is 0 Å². The minimum absolute atomic E-state index is 0.298. The van der Waals surface area contributed by atoms with Crippen molar-refractivity contribution in [3.8, 4) is 0 Å². The molecule has 1 heterocycles. The van der Waals surface area contributed by atoms with Crippen molar-refractivity contribution in [2.75, 3.05) is 32.6 Å². The molecule has 0 bridgehead atoms. The molecule has 1 fully saturated rings. The van der Waals surface area contributed by atoms with E-state index in [1.54, 1.807) is 30.0 Å². The van der Waals surface area contributed by atoms with Crippen molar-refractivity contribution in [2.24, 2.45) is 0 Å². The van der Waals surface area contributed by atoms with E-state index >= 15 is 0 Å². The molecular formula is C11H15NO3S3. The third-order valence-corrected chi connectivity index (χ3v) is 5.97. The van der Waals surface area contributed by atoms with Gasteiger partial charge in [0, 0.05) is 22.9 Å². The molecule has 0 unspecified atom stereocenters. The predicted molar refractivity (Wildman–Crippen MR) is 75.1 cm³/mol. The molecule has 1 aromatic carbocycles. The van der Waals surface area contributed by atoms with E-state index < -0.39 is 10.0 Å². The maximum absolute atomic E-state index is 12.4. The normalized spacial score (nSPS) is 17.9. The molecule has 0 radical (unpaired) electrons. The fourth-order valence-electron chi connectivity index (χ4n) is 1.77. The summed E-state index contributed by atoms with van der Waals surface area (Å²) in [7, 11) is -3.41. The smallest absolute Gasteiger partial charge is 0.243 e. The second kappa shape index (κ2) is 5.83. The molecule has 1 aromatic rings. The third-order valence-electron chi connectivity index (χ3n) is 2.76. The monoisotopic (exact) mass is 305 g/mol. The molecule has 7 heteroatoms. The molecule has 0 spiro atoms. The van der Waals surface area contributed by atoms with Gasteiger partial charge in [0.05, 0.1) is 18.1 Å². The molecule has 0 aromatic heterocycles. The van der Waals surface area contributed by atoms with Crippen molar-refractivity contribution in [1.29, 1.82) is 0 Å². The van der Waals surface area contributed by atoms with Crippen LogP contribution in [-0.2, 0) is 14.8 Å². The predicted octanol–water partition coefficient (Wildman–Crippen LogP) is 1.72. The molecule has 1 aliphatic heterocycles. The van der Waals surface area contributed by atoms with E-state index in [2.05, 4.69) is 12.6 Å². The SMILES string of the molecule is CSc1ccc(S(=O)(=O)N2CCOCC2)cc1S. The molecule has 0 atom stereocenters. The van der Waals surface area contributed by atoms with Gasteiger partial charge in [-0.25, -0.2) is 8.42 Å². The first-order chi connectivity index (χ1) is 8.55. The Morgan fingerprint density at radius 3 is 2.56 bits per heavy atom. The molecule has 2 rings (SSSR count). The highest BCUT2D eigenvalue weighted by atomic mass is 32.2. The first-order valence-electron chi connectivity index (χ1n) is 5.50. The number of benzene rings is 1. The van der Waals surface area contributed by atoms with Gasteiger partial charge in [0.1, 0.15) is 0 Å². The van der Waals surface area contributed by atoms with Crippen LogP contribution < -0.4 is 0 Å². The average Bonchev–Trinajstić information content (AvgIpc) is 2.39. The van der Waals surface area contributed by atoms with Crippen LogP contribution in [0.1, 0.15) is 0 Å². The van der Waals surface area contributed by atoms with Crippen molar-refractivity contribution in [2.45, 2.75) is 14.7 Å². The van der Waals surface area contributed by atoms with Crippen molar-refractivity contribution >= 4 is 34.4 Å². The van der Waals surface area contributed by atoms with Crippen LogP contribution in [0.2, 0.25) is 0 Å². The van der Waals surface area contributed by atoms with Gasteiger partial charge in [-0.3, -0.25) is 0 Å². The Hall–Kier alpha value is -0.210. The highest BCUT2D eigenvalue weighted by Crippen LogP contribution is 2.27. The van der Waals surface area contributed by atoms with Crippen LogP contribution in [0.4, 0.5) is 0 Å². The van der Waals surface area contributed by atoms with E-state index in [4.69, 9.17) is 4.74 Å². The zero-order valence-electron chi connectivity index (χ0n) is 10.00. The lowest BCUT2D eigenvalue weighted by molar-refractivity contribution is 0.0730. The van der Waals surface area contributed by atoms with Gasteiger partial charge in [-0.1, -0.05) is 0 Å². The minimum Gasteiger partial charge on any atom is -0.379 e. The Kier molecular flexibility index (Phi) is 4.60. The number of thioether (sulfide) groups is 1. The third kappa shape index (κ3) is 2.85. The first-order valence-corrected chi connectivity index (χ1v) is 8.62. The van der Waals surface area contributed by atoms with Crippen LogP contribution in [0.5, 0.6) is 0 Å². The maximum atomic E-state index is 12.4. The summed E-state index contributed by atoms with van der Waals surface area (Å²) in [5.41, 5.74) is 0. The number of ether oxygens (including phenoxy) is 1. The number of morpholine rings is 1. The molecule has 0 aliphatic carbocycles. The Morgan fingerprint density at radius 1 is 1.33 bits per heavy atom. The number of hydrogen-bond donors (Lipinski definition) is 1. The minimum atomic E-state index is -3.41. The first kappa shape index (κ1) is 14.2. The molecule has 0 N–H and O–H groups in total. The Morgan fingerprint density at radius 2 is 2.00 bits per heavy atom. The van der Waals surface area contributed by atoms with Gasteiger partial charge >= 0.3 is 0 Å². The van der Waals surface area contributed by atoms with Gasteiger partial charge in [-0.2, -0.15) is 4.31 Å². The second-order valence-corrected chi connectivity index (χ2v) is 7.12. The molecule has 0 amide bonds. The van der Waals surface area contributed by atoms with Crippen molar-refractivity contribution in [1.82, 2.24) is 4.31 Å². The summed E-state index contributed by atoms with van der Waals surface area (Å²) in [5.74, 6) is 0. The average molecular weight is 305 g/mol. The van der Waals surface area contributed by atoms with E-state index in [9.17, 15) is 8.42 Å². The van der Waals surface area contributed by atoms with E-state index in [0.29, 0.717) is 36.1 Å². The molecule has 18 heavy (non-hydrogen) atoms. The van der Waals surface area contributed by atoms with Crippen molar-refractivity contribution in [3.63, 3.8) is 0 Å². The van der Waals surface area contributed by atoms with Crippen LogP contribution in [0, 0.1) is 0 Å². The standard InChI is InChI=1S/C11H15NO3S3/c1-17-11-3-2-9(8-10(11)16)18(13,14)12-4-6-15-7-5-12/h2-3,8,16H,4-7H2,1H3. The lowest BCUT2D eigenvalue weighted by atomic mass is 10.4. The largest absolute Gasteiger partial charge is 0.379 e. The zero-order valence-corrected chi connectivity index (χ0v) is 12.5. The van der Waals surface area contributed by atoms with Crippen molar-refractivity contribution in [3.05, 3.63) is 18.2 Å². The van der Waals surface area contributed by atoms with E-state index in [0.717, 1.165) is 4.90 Å². The maximum Gasteiger partial charge on any atom is 0.243 e. The number of rotatable bonds is 3. The number of hydrogen-bond acceptors (Lipinski definition) is 5. The van der Waals surface area contributed by atoms with Gasteiger partial charge in [0.15, 0.2) is 0 Å². The van der Waals surface area contributed by atoms with Crippen LogP contribution in [0.3, 0.4) is 0 Å². The van der Waals surface area contributed by atoms with E-state index in [1.165, 1.54) is 4.31 Å². The van der Waals surface area contributed by atoms with Gasteiger partial charge < -0.3 is 4.74 Å². The molecule has 0 saturated carbocycles. The number of thiol groups is 1. The van der Waals surface area contributed by atoms with Gasteiger partial charge in [-0.15, -0.1) is 24.4 Å². The second-order valence-electron chi connectivity index (χ2n) is 3.85. The van der Waals surface area contributed by atoms with Gasteiger partial charge in [-0.05, 0) is 24.5 Å². The summed E-state index contributed by atoms with van der Waals surface area (Å²) in [6.07, 6.45) is 1.94. The van der Waals surface area contributed by atoms with Crippen LogP contribution in [0.15, 0.2) is 32.9 Å². The van der Waals surface area contributed by atoms with Crippen LogP contribution in [-0.4, -0.2) is 45.3 Å². The van der Waals surface area contributed by atoms with Gasteiger partial charge in [0.2, 0.25) is 10.0 Å². The number of nitrogens with zero attached hydrogens (tertiary/aromatic N) is 1. The lowest BCUT2D eigenvalue weighted by Crippen LogP contribution is -2.40. The van der Waals surface area contributed by atoms with Gasteiger partial charge in [0.25, 0.3) is 0 Å². The highest BCUT2D eigenvalue weighted by Gasteiger charge is 2.26. The molecule has 100 valence electrons. The Balaban J connectivity index is 2.32. The van der Waals surface area contributed by atoms with Crippen molar-refractivity contribution < 1.29 is 13.2 Å². The lowest BCUT2D eigenvalue weighted by Gasteiger charge is -2.26. The summed E-state index contributed by atoms with van der Waals surface area (Å²) in [6, 6.07) is 5.04. The fourth-order valence-corrected chi connectivity index (χ4v) is 4.25. The molecular weight excluding hydrogens is 290 g/mol. The van der Waals surface area contributed by atoms with E-state index in [1.807, 2.05) is 6.26 Å². The Labute approximate surface area is 117 Å². The molecule has 1 aliphatic rings. The molecule has 1 saturated heterocycles. The fraction of sp³-hybridized carbons (Fsp3) is 0.455. The van der Waals surface area contributed by atoms with Crippen LogP contribution in [0.25, 0.3) is 0 Å². The summed E-state index contributed by atoms with van der Waals surface area (Å²) < 4.78 is 31.4. The summed E-state index contributed by atoms with van der Waals surface area (Å²) in [5, 5.41) is 0. The zero-order chi connectivity index (χ0) is 13.2.